The van der Waals surface area contributed by atoms with Crippen molar-refractivity contribution in [3.8, 4) is 5.75 Å². The van der Waals surface area contributed by atoms with Crippen LogP contribution in [-0.2, 0) is 18.6 Å². The zero-order chi connectivity index (χ0) is 27.6. The van der Waals surface area contributed by atoms with Crippen LogP contribution in [0.1, 0.15) is 55.9 Å². The lowest BCUT2D eigenvalue weighted by molar-refractivity contribution is 0.168. The highest BCUT2D eigenvalue weighted by Crippen LogP contribution is 2.34. The molecule has 1 atom stereocenters. The summed E-state index contributed by atoms with van der Waals surface area (Å²) in [6.07, 6.45) is 2.42. The molecule has 0 radical (unpaired) electrons. The monoisotopic (exact) mass is 546 g/mol. The number of hydrogen-bond donors (Lipinski definition) is 1. The topological polar surface area (TPSA) is 102 Å². The molecule has 10 heteroatoms. The van der Waals surface area contributed by atoms with E-state index in [1.807, 2.05) is 65.3 Å². The second-order valence-corrected chi connectivity index (χ2v) is 10.5. The van der Waals surface area contributed by atoms with Crippen molar-refractivity contribution in [2.75, 3.05) is 7.11 Å². The van der Waals surface area contributed by atoms with E-state index in [2.05, 4.69) is 46.2 Å². The second kappa shape index (κ2) is 11.0. The predicted octanol–water partition coefficient (Wildman–Crippen LogP) is 5.71. The molecule has 0 aliphatic heterocycles. The van der Waals surface area contributed by atoms with Gasteiger partial charge >= 0.3 is 0 Å². The van der Waals surface area contributed by atoms with Crippen molar-refractivity contribution in [3.63, 3.8) is 0 Å². The summed E-state index contributed by atoms with van der Waals surface area (Å²) >= 11 is 6.62. The number of nitrogens with zero attached hydrogens (tertiary/aromatic N) is 5. The number of rotatable bonds is 10. The van der Waals surface area contributed by atoms with Crippen LogP contribution in [0.5, 0.6) is 5.75 Å². The van der Waals surface area contributed by atoms with Gasteiger partial charge in [-0.1, -0.05) is 36.7 Å². The summed E-state index contributed by atoms with van der Waals surface area (Å²) in [6.45, 7) is 7.03. The highest BCUT2D eigenvalue weighted by molar-refractivity contribution is 6.31. The van der Waals surface area contributed by atoms with E-state index < -0.39 is 11.6 Å². The van der Waals surface area contributed by atoms with E-state index >= 15 is 0 Å². The Balaban J connectivity index is 1.75. The molecule has 202 valence electrons. The summed E-state index contributed by atoms with van der Waals surface area (Å²) in [4.78, 5) is 18.9. The van der Waals surface area contributed by atoms with Crippen LogP contribution < -0.4 is 10.3 Å². The maximum absolute atomic E-state index is 13.7. The Labute approximate surface area is 231 Å². The van der Waals surface area contributed by atoms with Crippen molar-refractivity contribution in [2.45, 2.75) is 51.9 Å². The number of fused-ring (bicyclic) bond motifs is 1. The highest BCUT2D eigenvalue weighted by atomic mass is 35.5. The van der Waals surface area contributed by atoms with Crippen LogP contribution in [-0.4, -0.2) is 37.2 Å². The van der Waals surface area contributed by atoms with Gasteiger partial charge in [0.05, 0.1) is 25.5 Å². The molecule has 2 aromatic carbocycles. The van der Waals surface area contributed by atoms with Crippen molar-refractivity contribution in [3.05, 3.63) is 105 Å². The number of nitrogens with one attached hydrogen (secondary N) is 1. The summed E-state index contributed by atoms with van der Waals surface area (Å²) in [5.41, 5.74) is 1.48. The quantitative estimate of drug-likeness (QED) is 0.239. The van der Waals surface area contributed by atoms with Gasteiger partial charge in [-0.15, -0.1) is 5.10 Å². The molecule has 5 rings (SSSR count). The maximum atomic E-state index is 13.7. The maximum Gasteiger partial charge on any atom is 0.253 e. The summed E-state index contributed by atoms with van der Waals surface area (Å²) in [5, 5.41) is 14.4. The Morgan fingerprint density at radius 1 is 1.13 bits per heavy atom. The van der Waals surface area contributed by atoms with Crippen LogP contribution >= 0.6 is 11.6 Å². The molecular weight excluding hydrogens is 516 g/mol. The first-order chi connectivity index (χ1) is 18.8. The Morgan fingerprint density at radius 2 is 1.95 bits per heavy atom. The number of methoxy groups -OCH3 is 1. The second-order valence-electron chi connectivity index (χ2n) is 10.1. The van der Waals surface area contributed by atoms with Gasteiger partial charge in [0, 0.05) is 28.0 Å². The largest absolute Gasteiger partial charge is 0.497 e. The third-order valence-corrected chi connectivity index (χ3v) is 7.56. The number of tetrazole rings is 1. The molecule has 0 bridgehead atoms. The normalized spacial score (nSPS) is 12.8. The lowest BCUT2D eigenvalue weighted by atomic mass is 9.98. The Bertz CT molecular complexity index is 1630. The SMILES string of the molecule is CCC(C)(C)n1nnnc1[C@H](c1cc2cc(OC)ccc2[nH]c1=O)N(Cc1ccco1)Cc1ccccc1Cl. The van der Waals surface area contributed by atoms with Gasteiger partial charge in [-0.3, -0.25) is 9.69 Å². The number of pyridine rings is 1. The van der Waals surface area contributed by atoms with Crippen molar-refractivity contribution < 1.29 is 9.15 Å². The van der Waals surface area contributed by atoms with Crippen LogP contribution in [0.15, 0.2) is 76.1 Å². The number of halogens is 1. The highest BCUT2D eigenvalue weighted by Gasteiger charge is 2.35. The molecule has 0 spiro atoms. The average Bonchev–Trinajstić information content (AvgIpc) is 3.63. The third kappa shape index (κ3) is 5.46. The van der Waals surface area contributed by atoms with Gasteiger partial charge in [0.1, 0.15) is 17.6 Å². The van der Waals surface area contributed by atoms with E-state index in [0.717, 1.165) is 23.1 Å². The first-order valence-electron chi connectivity index (χ1n) is 12.8. The first-order valence-corrected chi connectivity index (χ1v) is 13.2. The number of furan rings is 1. The fraction of sp³-hybridized carbons (Fsp3) is 0.310. The number of aromatic amines is 1. The fourth-order valence-electron chi connectivity index (χ4n) is 4.66. The molecule has 1 N–H and O–H groups in total. The zero-order valence-electron chi connectivity index (χ0n) is 22.4. The summed E-state index contributed by atoms with van der Waals surface area (Å²) in [7, 11) is 1.62. The molecule has 0 amide bonds. The van der Waals surface area contributed by atoms with Crippen molar-refractivity contribution >= 4 is 22.5 Å². The van der Waals surface area contributed by atoms with Crippen molar-refractivity contribution in [2.24, 2.45) is 0 Å². The number of H-pyrrole nitrogens is 1. The van der Waals surface area contributed by atoms with Gasteiger partial charge in [0.25, 0.3) is 5.56 Å². The third-order valence-electron chi connectivity index (χ3n) is 7.19. The van der Waals surface area contributed by atoms with Gasteiger partial charge < -0.3 is 14.1 Å². The van der Waals surface area contributed by atoms with Gasteiger partial charge in [-0.05, 0) is 78.7 Å². The van der Waals surface area contributed by atoms with Crippen molar-refractivity contribution in [1.82, 2.24) is 30.1 Å². The van der Waals surface area contributed by atoms with Crippen LogP contribution in [0.3, 0.4) is 0 Å². The van der Waals surface area contributed by atoms with Gasteiger partial charge in [0.2, 0.25) is 0 Å². The number of aromatic nitrogens is 5. The molecule has 3 heterocycles. The molecule has 3 aromatic heterocycles. The van der Waals surface area contributed by atoms with E-state index in [1.165, 1.54) is 0 Å². The van der Waals surface area contributed by atoms with Gasteiger partial charge in [-0.25, -0.2) is 4.68 Å². The van der Waals surface area contributed by atoms with Gasteiger partial charge in [-0.2, -0.15) is 0 Å². The van der Waals surface area contributed by atoms with E-state index in [4.69, 9.17) is 20.8 Å². The van der Waals surface area contributed by atoms with E-state index in [9.17, 15) is 4.79 Å². The number of benzene rings is 2. The van der Waals surface area contributed by atoms with E-state index in [-0.39, 0.29) is 5.56 Å². The molecule has 0 aliphatic rings. The van der Waals surface area contributed by atoms with Crippen LogP contribution in [0, 0.1) is 0 Å². The lowest BCUT2D eigenvalue weighted by Gasteiger charge is -2.33. The summed E-state index contributed by atoms with van der Waals surface area (Å²) in [5.74, 6) is 1.98. The van der Waals surface area contributed by atoms with Gasteiger partial charge in [0.15, 0.2) is 5.82 Å². The van der Waals surface area contributed by atoms with E-state index in [1.54, 1.807) is 13.4 Å². The zero-order valence-corrected chi connectivity index (χ0v) is 23.1. The summed E-state index contributed by atoms with van der Waals surface area (Å²) < 4.78 is 13.0. The number of ether oxygens (including phenoxy) is 1. The lowest BCUT2D eigenvalue weighted by Crippen LogP contribution is -2.38. The first kappa shape index (κ1) is 26.6. The van der Waals surface area contributed by atoms with Crippen LogP contribution in [0.25, 0.3) is 10.9 Å². The fourth-order valence-corrected chi connectivity index (χ4v) is 4.86. The molecule has 5 aromatic rings. The molecule has 0 saturated carbocycles. The molecule has 0 fully saturated rings. The minimum absolute atomic E-state index is 0.231. The molecule has 39 heavy (non-hydrogen) atoms. The van der Waals surface area contributed by atoms with E-state index in [0.29, 0.717) is 40.8 Å². The molecule has 0 unspecified atom stereocenters. The average molecular weight is 547 g/mol. The minimum atomic E-state index is -0.633. The molecule has 9 nitrogen and oxygen atoms in total. The van der Waals surface area contributed by atoms with Crippen molar-refractivity contribution in [1.29, 1.82) is 0 Å². The van der Waals surface area contributed by atoms with Crippen LogP contribution in [0.4, 0.5) is 0 Å². The molecule has 0 saturated heterocycles. The Kier molecular flexibility index (Phi) is 7.54. The predicted molar refractivity (Wildman–Crippen MR) is 150 cm³/mol. The smallest absolute Gasteiger partial charge is 0.253 e. The summed E-state index contributed by atoms with van der Waals surface area (Å²) in [6, 6.07) is 18.2. The standard InChI is InChI=1S/C29H31ClN6O3/c1-5-29(2,3)36-27(32-33-34-36)26(23-16-20-15-21(38-4)12-13-25(20)31-28(23)37)35(18-22-10-8-14-39-22)17-19-9-6-7-11-24(19)30/h6-16,26H,5,17-18H2,1-4H3,(H,31,37)/t26-/m0/s1. The number of hydrogen-bond acceptors (Lipinski definition) is 7. The Hall–Kier alpha value is -3.95. The van der Waals surface area contributed by atoms with Crippen LogP contribution in [0.2, 0.25) is 5.02 Å². The Morgan fingerprint density at radius 3 is 2.67 bits per heavy atom. The molecular formula is C29H31ClN6O3. The molecule has 0 aliphatic carbocycles. The minimum Gasteiger partial charge on any atom is -0.497 e.